The maximum Gasteiger partial charge on any atom is 0.0612 e. The molecule has 0 aromatic rings. The molecule has 1 heterocycles. The fourth-order valence-corrected chi connectivity index (χ4v) is 2.16. The molecular formula is C13H25NO. The fourth-order valence-electron chi connectivity index (χ4n) is 2.16. The molecule has 0 amide bonds. The second kappa shape index (κ2) is 6.29. The van der Waals surface area contributed by atoms with Crippen LogP contribution < -0.4 is 5.32 Å². The molecule has 1 aliphatic heterocycles. The zero-order chi connectivity index (χ0) is 11.3. The van der Waals surface area contributed by atoms with Gasteiger partial charge < -0.3 is 10.1 Å². The molecule has 1 aliphatic rings. The molecule has 88 valence electrons. The summed E-state index contributed by atoms with van der Waals surface area (Å²) in [6.07, 6.45) is 5.76. The third-order valence-corrected chi connectivity index (χ3v) is 3.10. The van der Waals surface area contributed by atoms with Crippen molar-refractivity contribution in [1.29, 1.82) is 0 Å². The van der Waals surface area contributed by atoms with Crippen LogP contribution in [0.25, 0.3) is 0 Å². The van der Waals surface area contributed by atoms with E-state index in [1.807, 2.05) is 6.08 Å². The molecule has 15 heavy (non-hydrogen) atoms. The summed E-state index contributed by atoms with van der Waals surface area (Å²) >= 11 is 0. The van der Waals surface area contributed by atoms with Crippen molar-refractivity contribution in [2.75, 3.05) is 6.61 Å². The van der Waals surface area contributed by atoms with Gasteiger partial charge in [0.05, 0.1) is 6.10 Å². The van der Waals surface area contributed by atoms with E-state index >= 15 is 0 Å². The van der Waals surface area contributed by atoms with Crippen LogP contribution in [0, 0.1) is 5.92 Å². The molecule has 0 aliphatic carbocycles. The largest absolute Gasteiger partial charge is 0.378 e. The first kappa shape index (κ1) is 12.7. The lowest BCUT2D eigenvalue weighted by molar-refractivity contribution is -0.0255. The van der Waals surface area contributed by atoms with Crippen LogP contribution in [0.15, 0.2) is 12.7 Å². The standard InChI is InChI=1S/C13H25NO/c1-5-6-11(4)14-12-7-8-15-13(9-12)10(2)3/h5,10-14H,1,6-9H2,2-4H3. The van der Waals surface area contributed by atoms with Gasteiger partial charge in [0.25, 0.3) is 0 Å². The molecular weight excluding hydrogens is 186 g/mol. The van der Waals surface area contributed by atoms with Crippen LogP contribution in [0.4, 0.5) is 0 Å². The molecule has 0 aromatic carbocycles. The predicted molar refractivity (Wildman–Crippen MR) is 65.0 cm³/mol. The molecule has 3 unspecified atom stereocenters. The lowest BCUT2D eigenvalue weighted by atomic mass is 9.95. The van der Waals surface area contributed by atoms with Crippen LogP contribution in [0.5, 0.6) is 0 Å². The Balaban J connectivity index is 2.32. The maximum atomic E-state index is 5.75. The summed E-state index contributed by atoms with van der Waals surface area (Å²) in [5.41, 5.74) is 0. The minimum atomic E-state index is 0.437. The van der Waals surface area contributed by atoms with Gasteiger partial charge in [-0.2, -0.15) is 0 Å². The second-order valence-electron chi connectivity index (χ2n) is 4.97. The Morgan fingerprint density at radius 3 is 2.80 bits per heavy atom. The van der Waals surface area contributed by atoms with E-state index in [1.165, 1.54) is 0 Å². The van der Waals surface area contributed by atoms with Crippen molar-refractivity contribution in [3.05, 3.63) is 12.7 Å². The van der Waals surface area contributed by atoms with E-state index in [-0.39, 0.29) is 0 Å². The molecule has 0 bridgehead atoms. The highest BCUT2D eigenvalue weighted by molar-refractivity contribution is 4.83. The average molecular weight is 211 g/mol. The van der Waals surface area contributed by atoms with E-state index < -0.39 is 0 Å². The Morgan fingerprint density at radius 1 is 1.47 bits per heavy atom. The van der Waals surface area contributed by atoms with Crippen molar-refractivity contribution in [3.8, 4) is 0 Å². The fraction of sp³-hybridized carbons (Fsp3) is 0.846. The van der Waals surface area contributed by atoms with Gasteiger partial charge in [-0.3, -0.25) is 0 Å². The van der Waals surface area contributed by atoms with Gasteiger partial charge in [-0.1, -0.05) is 19.9 Å². The van der Waals surface area contributed by atoms with Crippen LogP contribution in [0.1, 0.15) is 40.0 Å². The topological polar surface area (TPSA) is 21.3 Å². The quantitative estimate of drug-likeness (QED) is 0.706. The molecule has 1 fully saturated rings. The van der Waals surface area contributed by atoms with Crippen molar-refractivity contribution in [1.82, 2.24) is 5.32 Å². The van der Waals surface area contributed by atoms with Crippen molar-refractivity contribution in [3.63, 3.8) is 0 Å². The second-order valence-corrected chi connectivity index (χ2v) is 4.97. The number of nitrogens with one attached hydrogen (secondary N) is 1. The van der Waals surface area contributed by atoms with E-state index in [1.54, 1.807) is 0 Å². The van der Waals surface area contributed by atoms with Crippen LogP contribution in [-0.2, 0) is 4.74 Å². The summed E-state index contributed by atoms with van der Waals surface area (Å²) < 4.78 is 5.75. The van der Waals surface area contributed by atoms with Gasteiger partial charge in [-0.05, 0) is 32.1 Å². The number of ether oxygens (including phenoxy) is 1. The molecule has 3 atom stereocenters. The van der Waals surface area contributed by atoms with Gasteiger partial charge in [0.1, 0.15) is 0 Å². The van der Waals surface area contributed by atoms with Crippen molar-refractivity contribution >= 4 is 0 Å². The highest BCUT2D eigenvalue weighted by Crippen LogP contribution is 2.20. The minimum absolute atomic E-state index is 0.437. The van der Waals surface area contributed by atoms with Gasteiger partial charge in [0.2, 0.25) is 0 Å². The molecule has 2 heteroatoms. The minimum Gasteiger partial charge on any atom is -0.378 e. The molecule has 0 spiro atoms. The van der Waals surface area contributed by atoms with Gasteiger partial charge in [-0.15, -0.1) is 6.58 Å². The number of rotatable bonds is 5. The molecule has 0 saturated carbocycles. The first-order chi connectivity index (χ1) is 7.13. The van der Waals surface area contributed by atoms with E-state index in [0.717, 1.165) is 25.9 Å². The summed E-state index contributed by atoms with van der Waals surface area (Å²) in [4.78, 5) is 0. The summed E-state index contributed by atoms with van der Waals surface area (Å²) in [6.45, 7) is 11.4. The molecule has 1 saturated heterocycles. The Bertz CT molecular complexity index is 191. The van der Waals surface area contributed by atoms with E-state index in [9.17, 15) is 0 Å². The SMILES string of the molecule is C=CCC(C)NC1CCOC(C(C)C)C1. The summed E-state index contributed by atoms with van der Waals surface area (Å²) in [5.74, 6) is 0.629. The van der Waals surface area contributed by atoms with Gasteiger partial charge >= 0.3 is 0 Å². The summed E-state index contributed by atoms with van der Waals surface area (Å²) in [5, 5.41) is 3.65. The monoisotopic (exact) mass is 211 g/mol. The third-order valence-electron chi connectivity index (χ3n) is 3.10. The average Bonchev–Trinajstić information content (AvgIpc) is 2.18. The van der Waals surface area contributed by atoms with Crippen molar-refractivity contribution in [2.24, 2.45) is 5.92 Å². The van der Waals surface area contributed by atoms with Crippen LogP contribution in [-0.4, -0.2) is 24.8 Å². The Labute approximate surface area is 94.1 Å². The lowest BCUT2D eigenvalue weighted by Gasteiger charge is -2.34. The van der Waals surface area contributed by atoms with Crippen LogP contribution >= 0.6 is 0 Å². The summed E-state index contributed by atoms with van der Waals surface area (Å²) in [6, 6.07) is 1.17. The molecule has 1 rings (SSSR count). The smallest absolute Gasteiger partial charge is 0.0612 e. The van der Waals surface area contributed by atoms with Crippen LogP contribution in [0.3, 0.4) is 0 Å². The van der Waals surface area contributed by atoms with Gasteiger partial charge in [0, 0.05) is 18.7 Å². The predicted octanol–water partition coefficient (Wildman–Crippen LogP) is 2.74. The van der Waals surface area contributed by atoms with Crippen molar-refractivity contribution in [2.45, 2.75) is 58.2 Å². The number of hydrogen-bond acceptors (Lipinski definition) is 2. The zero-order valence-electron chi connectivity index (χ0n) is 10.3. The lowest BCUT2D eigenvalue weighted by Crippen LogP contribution is -2.44. The zero-order valence-corrected chi connectivity index (χ0v) is 10.3. The Morgan fingerprint density at radius 2 is 2.20 bits per heavy atom. The third kappa shape index (κ3) is 4.35. The number of hydrogen-bond donors (Lipinski definition) is 1. The molecule has 2 nitrogen and oxygen atoms in total. The first-order valence-corrected chi connectivity index (χ1v) is 6.12. The van der Waals surface area contributed by atoms with Crippen LogP contribution in [0.2, 0.25) is 0 Å². The Kier molecular flexibility index (Phi) is 5.34. The summed E-state index contributed by atoms with van der Waals surface area (Å²) in [7, 11) is 0. The van der Waals surface area contributed by atoms with E-state index in [2.05, 4.69) is 32.7 Å². The van der Waals surface area contributed by atoms with Gasteiger partial charge in [0.15, 0.2) is 0 Å². The molecule has 1 N–H and O–H groups in total. The van der Waals surface area contributed by atoms with E-state index in [0.29, 0.717) is 24.1 Å². The first-order valence-electron chi connectivity index (χ1n) is 6.12. The Hall–Kier alpha value is -0.340. The van der Waals surface area contributed by atoms with Crippen molar-refractivity contribution < 1.29 is 4.74 Å². The highest BCUT2D eigenvalue weighted by Gasteiger charge is 2.25. The van der Waals surface area contributed by atoms with E-state index in [4.69, 9.17) is 4.74 Å². The highest BCUT2D eigenvalue weighted by atomic mass is 16.5. The molecule has 0 aromatic heterocycles. The normalized spacial score (nSPS) is 29.1. The van der Waals surface area contributed by atoms with Gasteiger partial charge in [-0.25, -0.2) is 0 Å². The maximum absolute atomic E-state index is 5.75. The molecule has 0 radical (unpaired) electrons.